The van der Waals surface area contributed by atoms with Gasteiger partial charge in [0.25, 0.3) is 0 Å². The Bertz CT molecular complexity index is 297. The summed E-state index contributed by atoms with van der Waals surface area (Å²) in [6, 6.07) is 0. The van der Waals surface area contributed by atoms with Gasteiger partial charge in [0, 0.05) is 19.5 Å². The smallest absolute Gasteiger partial charge is 0.309 e. The third-order valence-corrected chi connectivity index (χ3v) is 3.97. The van der Waals surface area contributed by atoms with Crippen LogP contribution >= 0.6 is 0 Å². The SMILES string of the molecule is CCNC(=O)CCN1CCC(CC)(C(=O)O)CC1. The van der Waals surface area contributed by atoms with Gasteiger partial charge in [-0.1, -0.05) is 6.92 Å². The monoisotopic (exact) mass is 256 g/mol. The van der Waals surface area contributed by atoms with E-state index in [-0.39, 0.29) is 5.91 Å². The molecule has 0 aliphatic carbocycles. The molecule has 0 spiro atoms. The second kappa shape index (κ2) is 6.73. The van der Waals surface area contributed by atoms with Crippen molar-refractivity contribution in [3.8, 4) is 0 Å². The van der Waals surface area contributed by atoms with Crippen molar-refractivity contribution < 1.29 is 14.7 Å². The molecule has 5 heteroatoms. The van der Waals surface area contributed by atoms with Crippen molar-refractivity contribution >= 4 is 11.9 Å². The summed E-state index contributed by atoms with van der Waals surface area (Å²) in [4.78, 5) is 24.8. The number of carboxylic acid groups (broad SMARTS) is 1. The zero-order valence-electron chi connectivity index (χ0n) is 11.4. The summed E-state index contributed by atoms with van der Waals surface area (Å²) in [6.45, 7) is 6.79. The first kappa shape index (κ1) is 15.0. The van der Waals surface area contributed by atoms with Gasteiger partial charge in [-0.3, -0.25) is 9.59 Å². The van der Waals surface area contributed by atoms with E-state index in [1.165, 1.54) is 0 Å². The molecule has 104 valence electrons. The maximum Gasteiger partial charge on any atom is 0.309 e. The molecule has 1 aliphatic rings. The number of aliphatic carboxylic acids is 1. The molecule has 0 radical (unpaired) electrons. The van der Waals surface area contributed by atoms with Gasteiger partial charge in [0.15, 0.2) is 0 Å². The van der Waals surface area contributed by atoms with Crippen LogP contribution in [0.5, 0.6) is 0 Å². The lowest BCUT2D eigenvalue weighted by Gasteiger charge is -2.38. The van der Waals surface area contributed by atoms with E-state index in [4.69, 9.17) is 0 Å². The average molecular weight is 256 g/mol. The average Bonchev–Trinajstić information content (AvgIpc) is 2.37. The fourth-order valence-electron chi connectivity index (χ4n) is 2.47. The molecule has 0 aromatic carbocycles. The molecule has 1 fully saturated rings. The van der Waals surface area contributed by atoms with E-state index in [1.54, 1.807) is 0 Å². The molecule has 0 atom stereocenters. The molecule has 2 N–H and O–H groups in total. The number of amides is 1. The van der Waals surface area contributed by atoms with Crippen molar-refractivity contribution in [3.63, 3.8) is 0 Å². The number of rotatable bonds is 6. The van der Waals surface area contributed by atoms with E-state index >= 15 is 0 Å². The third kappa shape index (κ3) is 3.70. The molecule has 0 saturated carbocycles. The van der Waals surface area contributed by atoms with E-state index in [2.05, 4.69) is 10.2 Å². The van der Waals surface area contributed by atoms with Crippen molar-refractivity contribution in [2.45, 2.75) is 39.5 Å². The molecule has 0 unspecified atom stereocenters. The number of nitrogens with one attached hydrogen (secondary N) is 1. The summed E-state index contributed by atoms with van der Waals surface area (Å²) in [6.07, 6.45) is 2.56. The van der Waals surface area contributed by atoms with Gasteiger partial charge in [0.05, 0.1) is 5.41 Å². The van der Waals surface area contributed by atoms with Gasteiger partial charge in [-0.15, -0.1) is 0 Å². The lowest BCUT2D eigenvalue weighted by Crippen LogP contribution is -2.45. The van der Waals surface area contributed by atoms with Gasteiger partial charge in [-0.05, 0) is 39.3 Å². The summed E-state index contributed by atoms with van der Waals surface area (Å²) >= 11 is 0. The van der Waals surface area contributed by atoms with Gasteiger partial charge in [0.2, 0.25) is 5.91 Å². The predicted octanol–water partition coefficient (Wildman–Crippen LogP) is 1.09. The molecule has 1 heterocycles. The van der Waals surface area contributed by atoms with Crippen LogP contribution in [0.15, 0.2) is 0 Å². The van der Waals surface area contributed by atoms with Gasteiger partial charge < -0.3 is 15.3 Å². The fraction of sp³-hybridized carbons (Fsp3) is 0.846. The first-order chi connectivity index (χ1) is 8.54. The van der Waals surface area contributed by atoms with Crippen molar-refractivity contribution in [3.05, 3.63) is 0 Å². The molecule has 18 heavy (non-hydrogen) atoms. The Morgan fingerprint density at radius 2 is 1.89 bits per heavy atom. The number of carboxylic acids is 1. The van der Waals surface area contributed by atoms with Crippen molar-refractivity contribution in [2.75, 3.05) is 26.2 Å². The van der Waals surface area contributed by atoms with Crippen molar-refractivity contribution in [1.82, 2.24) is 10.2 Å². The maximum absolute atomic E-state index is 11.3. The van der Waals surface area contributed by atoms with E-state index in [1.807, 2.05) is 13.8 Å². The Balaban J connectivity index is 2.35. The molecule has 0 aromatic heterocycles. The highest BCUT2D eigenvalue weighted by atomic mass is 16.4. The highest BCUT2D eigenvalue weighted by molar-refractivity contribution is 5.76. The molecule has 1 rings (SSSR count). The van der Waals surface area contributed by atoms with Crippen LogP contribution < -0.4 is 5.32 Å². The lowest BCUT2D eigenvalue weighted by atomic mass is 9.76. The minimum Gasteiger partial charge on any atom is -0.481 e. The highest BCUT2D eigenvalue weighted by Gasteiger charge is 2.39. The zero-order valence-corrected chi connectivity index (χ0v) is 11.4. The first-order valence-corrected chi connectivity index (χ1v) is 6.76. The van der Waals surface area contributed by atoms with Crippen LogP contribution in [-0.4, -0.2) is 48.1 Å². The van der Waals surface area contributed by atoms with E-state index in [0.717, 1.165) is 19.6 Å². The quantitative estimate of drug-likeness (QED) is 0.746. The first-order valence-electron chi connectivity index (χ1n) is 6.76. The molecule has 0 bridgehead atoms. The molecule has 1 amide bonds. The second-order valence-electron chi connectivity index (χ2n) is 4.98. The zero-order chi connectivity index (χ0) is 13.6. The second-order valence-corrected chi connectivity index (χ2v) is 4.98. The molecular weight excluding hydrogens is 232 g/mol. The van der Waals surface area contributed by atoms with Gasteiger partial charge in [-0.2, -0.15) is 0 Å². The molecule has 1 saturated heterocycles. The Labute approximate surface area is 109 Å². The topological polar surface area (TPSA) is 69.6 Å². The van der Waals surface area contributed by atoms with Gasteiger partial charge in [-0.25, -0.2) is 0 Å². The number of likely N-dealkylation sites (tertiary alicyclic amines) is 1. The van der Waals surface area contributed by atoms with Gasteiger partial charge in [0.1, 0.15) is 0 Å². The van der Waals surface area contributed by atoms with Crippen LogP contribution in [0.1, 0.15) is 39.5 Å². The minimum atomic E-state index is -0.673. The normalized spacial score (nSPS) is 19.4. The van der Waals surface area contributed by atoms with Crippen LogP contribution in [0.25, 0.3) is 0 Å². The van der Waals surface area contributed by atoms with Crippen LogP contribution in [0.2, 0.25) is 0 Å². The largest absolute Gasteiger partial charge is 0.481 e. The van der Waals surface area contributed by atoms with Crippen molar-refractivity contribution in [2.24, 2.45) is 5.41 Å². The van der Waals surface area contributed by atoms with E-state index in [0.29, 0.717) is 32.2 Å². The van der Waals surface area contributed by atoms with Crippen LogP contribution in [0.4, 0.5) is 0 Å². The van der Waals surface area contributed by atoms with Crippen molar-refractivity contribution in [1.29, 1.82) is 0 Å². The summed E-state index contributed by atoms with van der Waals surface area (Å²) in [5.41, 5.74) is -0.540. The summed E-state index contributed by atoms with van der Waals surface area (Å²) in [7, 11) is 0. The van der Waals surface area contributed by atoms with Crippen LogP contribution in [0, 0.1) is 5.41 Å². The van der Waals surface area contributed by atoms with E-state index in [9.17, 15) is 14.7 Å². The maximum atomic E-state index is 11.3. The Kier molecular flexibility index (Phi) is 5.59. The summed E-state index contributed by atoms with van der Waals surface area (Å²) in [5.74, 6) is -0.601. The lowest BCUT2D eigenvalue weighted by molar-refractivity contribution is -0.152. The number of hydrogen-bond donors (Lipinski definition) is 2. The van der Waals surface area contributed by atoms with Crippen LogP contribution in [-0.2, 0) is 9.59 Å². The Hall–Kier alpha value is -1.10. The predicted molar refractivity (Wildman–Crippen MR) is 69.3 cm³/mol. The third-order valence-electron chi connectivity index (χ3n) is 3.97. The fourth-order valence-corrected chi connectivity index (χ4v) is 2.47. The summed E-state index contributed by atoms with van der Waals surface area (Å²) in [5, 5.41) is 12.1. The Morgan fingerprint density at radius 3 is 2.33 bits per heavy atom. The van der Waals surface area contributed by atoms with E-state index < -0.39 is 11.4 Å². The summed E-state index contributed by atoms with van der Waals surface area (Å²) < 4.78 is 0. The minimum absolute atomic E-state index is 0.0723. The number of carbonyl (C=O) groups is 2. The molecular formula is C13H24N2O3. The standard InChI is InChI=1S/C13H24N2O3/c1-3-13(12(17)18)6-9-15(10-7-13)8-5-11(16)14-4-2/h3-10H2,1-2H3,(H,14,16)(H,17,18). The number of piperidine rings is 1. The molecule has 1 aliphatic heterocycles. The number of nitrogens with zero attached hydrogens (tertiary/aromatic N) is 1. The van der Waals surface area contributed by atoms with Crippen LogP contribution in [0.3, 0.4) is 0 Å². The number of hydrogen-bond acceptors (Lipinski definition) is 3. The number of carbonyl (C=O) groups excluding carboxylic acids is 1. The molecule has 0 aromatic rings. The molecule has 5 nitrogen and oxygen atoms in total. The Morgan fingerprint density at radius 1 is 1.28 bits per heavy atom. The van der Waals surface area contributed by atoms with Gasteiger partial charge >= 0.3 is 5.97 Å². The highest BCUT2D eigenvalue weighted by Crippen LogP contribution is 2.35.